The molecule has 1 radical (unpaired) electrons. The monoisotopic (exact) mass is 614 g/mol. The molecule has 0 atom stereocenters. The molecule has 7 aromatic rings. The van der Waals surface area contributed by atoms with Crippen LogP contribution in [0.1, 0.15) is 5.56 Å². The molecule has 0 saturated heterocycles. The number of benzene rings is 6. The van der Waals surface area contributed by atoms with Crippen molar-refractivity contribution in [1.82, 2.24) is 4.57 Å². The number of aromatic nitrogens is 2. The molecule has 0 saturated carbocycles. The molecular formula is C39H29N2Y-. The Bertz CT molecular complexity index is 1990. The van der Waals surface area contributed by atoms with Gasteiger partial charge in [-0.25, -0.2) is 4.57 Å². The van der Waals surface area contributed by atoms with Gasteiger partial charge in [0.15, 0.2) is 11.0 Å². The van der Waals surface area contributed by atoms with Crippen molar-refractivity contribution in [3.8, 4) is 50.5 Å². The van der Waals surface area contributed by atoms with E-state index in [1.165, 1.54) is 22.2 Å². The smallest absolute Gasteiger partial charge is 0.229 e. The van der Waals surface area contributed by atoms with Crippen LogP contribution in [0.25, 0.3) is 61.5 Å². The van der Waals surface area contributed by atoms with Gasteiger partial charge < -0.3 is 0 Å². The normalized spacial score (nSPS) is 10.9. The van der Waals surface area contributed by atoms with Crippen molar-refractivity contribution >= 4 is 11.0 Å². The Morgan fingerprint density at radius 1 is 0.524 bits per heavy atom. The van der Waals surface area contributed by atoms with Gasteiger partial charge in [-0.3, -0.25) is 4.57 Å². The molecule has 0 N–H and O–H groups in total. The van der Waals surface area contributed by atoms with Crippen LogP contribution in [0.15, 0.2) is 140 Å². The van der Waals surface area contributed by atoms with E-state index in [0.717, 1.165) is 44.8 Å². The van der Waals surface area contributed by atoms with E-state index in [0.29, 0.717) is 0 Å². The maximum atomic E-state index is 3.80. The zero-order valence-electron chi connectivity index (χ0n) is 23.8. The Hall–Kier alpha value is -4.11. The number of para-hydroxylation sites is 2. The van der Waals surface area contributed by atoms with E-state index in [-0.39, 0.29) is 32.7 Å². The zero-order chi connectivity index (χ0) is 27.8. The van der Waals surface area contributed by atoms with Gasteiger partial charge in [0.05, 0.1) is 7.05 Å². The van der Waals surface area contributed by atoms with Gasteiger partial charge in [-0.2, -0.15) is 29.3 Å². The van der Waals surface area contributed by atoms with E-state index in [1.807, 2.05) is 6.07 Å². The van der Waals surface area contributed by atoms with Gasteiger partial charge >= 0.3 is 0 Å². The summed E-state index contributed by atoms with van der Waals surface area (Å²) < 4.78 is 4.64. The molecular weight excluding hydrogens is 585 g/mol. The number of hydrogen-bond donors (Lipinski definition) is 0. The Labute approximate surface area is 272 Å². The predicted octanol–water partition coefficient (Wildman–Crippen LogP) is 9.03. The molecule has 0 bridgehead atoms. The summed E-state index contributed by atoms with van der Waals surface area (Å²) in [6, 6.07) is 56.5. The molecule has 0 fully saturated rings. The molecule has 0 unspecified atom stereocenters. The fourth-order valence-corrected chi connectivity index (χ4v) is 5.66. The minimum Gasteiger partial charge on any atom is -0.258 e. The van der Waals surface area contributed by atoms with E-state index in [4.69, 9.17) is 0 Å². The van der Waals surface area contributed by atoms with Gasteiger partial charge in [0.25, 0.3) is 0 Å². The molecule has 6 aromatic carbocycles. The minimum absolute atomic E-state index is 0. The second-order valence-corrected chi connectivity index (χ2v) is 10.4. The Morgan fingerprint density at radius 2 is 1.12 bits per heavy atom. The molecule has 3 heteroatoms. The zero-order valence-corrected chi connectivity index (χ0v) is 26.6. The van der Waals surface area contributed by atoms with E-state index in [9.17, 15) is 0 Å². The summed E-state index contributed by atoms with van der Waals surface area (Å²) in [5, 5.41) is 0. The first-order valence-corrected chi connectivity index (χ1v) is 13.9. The number of imidazole rings is 1. The summed E-state index contributed by atoms with van der Waals surface area (Å²) in [5.74, 6) is 1.09. The average Bonchev–Trinajstić information content (AvgIpc) is 3.34. The van der Waals surface area contributed by atoms with Crippen LogP contribution in [0.3, 0.4) is 0 Å². The van der Waals surface area contributed by atoms with E-state index in [2.05, 4.69) is 169 Å². The van der Waals surface area contributed by atoms with Crippen molar-refractivity contribution in [2.75, 3.05) is 0 Å². The van der Waals surface area contributed by atoms with Crippen LogP contribution < -0.4 is 4.57 Å². The molecule has 0 spiro atoms. The first kappa shape index (κ1) is 28.0. The molecule has 42 heavy (non-hydrogen) atoms. The molecule has 199 valence electrons. The molecule has 0 aliphatic carbocycles. The van der Waals surface area contributed by atoms with Crippen LogP contribution in [0.4, 0.5) is 0 Å². The molecule has 1 aromatic heterocycles. The van der Waals surface area contributed by atoms with Crippen LogP contribution >= 0.6 is 0 Å². The number of nitrogens with zero attached hydrogens (tertiary/aromatic N) is 2. The number of rotatable bonds is 5. The first-order chi connectivity index (χ1) is 20.2. The quantitative estimate of drug-likeness (QED) is 0.135. The van der Waals surface area contributed by atoms with E-state index < -0.39 is 0 Å². The number of hydrogen-bond acceptors (Lipinski definition) is 0. The molecule has 0 aliphatic rings. The van der Waals surface area contributed by atoms with Crippen molar-refractivity contribution < 1.29 is 37.3 Å². The van der Waals surface area contributed by atoms with Crippen molar-refractivity contribution in [2.45, 2.75) is 6.92 Å². The van der Waals surface area contributed by atoms with Gasteiger partial charge in [-0.1, -0.05) is 97.4 Å². The Balaban J connectivity index is 0.00000316. The Morgan fingerprint density at radius 3 is 1.86 bits per heavy atom. The van der Waals surface area contributed by atoms with Gasteiger partial charge in [-0.05, 0) is 41.0 Å². The summed E-state index contributed by atoms with van der Waals surface area (Å²) in [4.78, 5) is 0. The maximum Gasteiger partial charge on any atom is 0.229 e. The molecule has 2 nitrogen and oxygen atoms in total. The van der Waals surface area contributed by atoms with E-state index in [1.54, 1.807) is 0 Å². The van der Waals surface area contributed by atoms with Gasteiger partial charge in [0.1, 0.15) is 5.69 Å². The van der Waals surface area contributed by atoms with Crippen LogP contribution in [0, 0.1) is 19.1 Å². The van der Waals surface area contributed by atoms with Crippen LogP contribution in [-0.4, -0.2) is 4.57 Å². The largest absolute Gasteiger partial charge is 0.258 e. The average molecular weight is 615 g/mol. The van der Waals surface area contributed by atoms with Crippen molar-refractivity contribution in [1.29, 1.82) is 0 Å². The summed E-state index contributed by atoms with van der Waals surface area (Å²) in [7, 11) is 2.15. The second-order valence-electron chi connectivity index (χ2n) is 10.4. The van der Waals surface area contributed by atoms with E-state index >= 15 is 0 Å². The van der Waals surface area contributed by atoms with Crippen molar-refractivity contribution in [3.63, 3.8) is 0 Å². The fraction of sp³-hybridized carbons (Fsp3) is 0.0513. The van der Waals surface area contributed by atoms with Gasteiger partial charge in [0, 0.05) is 32.7 Å². The summed E-state index contributed by atoms with van der Waals surface area (Å²) in [6.07, 6.45) is 0. The standard InChI is InChI=1S/C39H29N2.Y/c1-28-20-21-34(33-17-11-16-32(26-33)30-14-7-4-8-15-30)27-36(28)39-40(2)37-18-9-10-19-38(37)41(39)35-24-22-31(23-25-35)29-12-5-3-6-13-29;/h3-25H,1-2H3;/q-1;. The third-order valence-corrected chi connectivity index (χ3v) is 7.79. The molecule has 0 amide bonds. The van der Waals surface area contributed by atoms with Gasteiger partial charge in [0.2, 0.25) is 5.82 Å². The van der Waals surface area contributed by atoms with Crippen LogP contribution in [0.5, 0.6) is 0 Å². The number of fused-ring (bicyclic) bond motifs is 1. The minimum atomic E-state index is 0. The predicted molar refractivity (Wildman–Crippen MR) is 169 cm³/mol. The Kier molecular flexibility index (Phi) is 8.02. The van der Waals surface area contributed by atoms with Crippen molar-refractivity contribution in [2.24, 2.45) is 7.05 Å². The molecule has 0 aliphatic heterocycles. The van der Waals surface area contributed by atoms with Crippen LogP contribution in [0.2, 0.25) is 0 Å². The maximum absolute atomic E-state index is 3.80. The number of aryl methyl sites for hydroxylation is 2. The molecule has 1 heterocycles. The summed E-state index contributed by atoms with van der Waals surface area (Å²) in [5.41, 5.74) is 12.4. The first-order valence-electron chi connectivity index (χ1n) is 13.9. The third kappa shape index (κ3) is 5.18. The fourth-order valence-electron chi connectivity index (χ4n) is 5.66. The van der Waals surface area contributed by atoms with Crippen LogP contribution in [-0.2, 0) is 39.8 Å². The van der Waals surface area contributed by atoms with Crippen molar-refractivity contribution in [3.05, 3.63) is 157 Å². The summed E-state index contributed by atoms with van der Waals surface area (Å²) in [6.45, 7) is 2.17. The summed E-state index contributed by atoms with van der Waals surface area (Å²) >= 11 is 0. The molecule has 7 rings (SSSR count). The topological polar surface area (TPSA) is 8.81 Å². The third-order valence-electron chi connectivity index (χ3n) is 7.79. The second kappa shape index (κ2) is 12.0. The SMILES string of the molecule is Cc1ccc(-c2[c-]c(-c3ccccc3)ccc2)[c-]c1-c1n(-c2ccc(-c3ccccc3)cc2)c2ccccc2[n+]1C.[Y]. The van der Waals surface area contributed by atoms with Gasteiger partial charge in [-0.15, -0.1) is 35.4 Å².